The Kier molecular flexibility index (Phi) is 14.8. The molecule has 2 aliphatic heterocycles. The number of carbonyl (C=O) groups is 5. The maximum absolute atomic E-state index is 13.8. The standard InChI is InChI=1S/C41H43F3N8O10S/c1-2-63(58,59)51-27-7-3-6-25(22-27)23-46-36-30(41(42,43)44)24-47-40(50-36)48-26-10-12-28(13-11-26)61-19-5-18-60-20-16-33(53)45-17-21-62-32-9-4-8-29-35(32)39(57)52(38(29)56)31-14-15-34(54)49-37(31)55/h3-4,6-13,22,24,31,51H,2,5,14-21,23H2,1H3,(H,45,53)(H,49,54,55)(H2,46,47,48,50). The van der Waals surface area contributed by atoms with Crippen molar-refractivity contribution in [2.24, 2.45) is 0 Å². The molecule has 1 saturated heterocycles. The van der Waals surface area contributed by atoms with Crippen LogP contribution in [-0.4, -0.2) is 97.6 Å². The van der Waals surface area contributed by atoms with Gasteiger partial charge in [-0.2, -0.15) is 18.2 Å². The fraction of sp³-hybridized carbons (Fsp3) is 0.341. The minimum atomic E-state index is -4.75. The molecule has 4 aromatic rings. The Hall–Kier alpha value is -6.81. The number of sulfonamides is 1. The molecule has 0 saturated carbocycles. The van der Waals surface area contributed by atoms with E-state index in [0.29, 0.717) is 42.8 Å². The molecule has 0 aliphatic carbocycles. The summed E-state index contributed by atoms with van der Waals surface area (Å²) in [4.78, 5) is 71.1. The lowest BCUT2D eigenvalue weighted by atomic mass is 10.0. The Morgan fingerprint density at radius 1 is 0.937 bits per heavy atom. The van der Waals surface area contributed by atoms with Crippen molar-refractivity contribution in [2.75, 3.05) is 54.1 Å². The van der Waals surface area contributed by atoms with E-state index in [0.717, 1.165) is 4.90 Å². The lowest BCUT2D eigenvalue weighted by Gasteiger charge is -2.27. The number of hydrogen-bond donors (Lipinski definition) is 5. The number of imide groups is 2. The van der Waals surface area contributed by atoms with Crippen LogP contribution in [0.15, 0.2) is 72.9 Å². The average Bonchev–Trinajstić information content (AvgIpc) is 3.50. The number of amides is 5. The number of carbonyl (C=O) groups excluding carboxylic acids is 5. The summed E-state index contributed by atoms with van der Waals surface area (Å²) in [5, 5.41) is 10.4. The first-order chi connectivity index (χ1) is 30.1. The van der Waals surface area contributed by atoms with Gasteiger partial charge in [-0.3, -0.25) is 38.9 Å². The molecule has 334 valence electrons. The van der Waals surface area contributed by atoms with E-state index in [1.165, 1.54) is 31.2 Å². The van der Waals surface area contributed by atoms with Crippen LogP contribution in [0.4, 0.5) is 36.3 Å². The van der Waals surface area contributed by atoms with Gasteiger partial charge in [-0.15, -0.1) is 0 Å². The molecule has 63 heavy (non-hydrogen) atoms. The van der Waals surface area contributed by atoms with Crippen molar-refractivity contribution in [3.05, 3.63) is 95.2 Å². The van der Waals surface area contributed by atoms with Gasteiger partial charge in [-0.25, -0.2) is 13.4 Å². The predicted octanol–water partition coefficient (Wildman–Crippen LogP) is 4.38. The van der Waals surface area contributed by atoms with Crippen LogP contribution in [0.1, 0.15) is 64.4 Å². The minimum absolute atomic E-state index is 0.000546. The third-order valence-corrected chi connectivity index (χ3v) is 10.8. The second-order valence-corrected chi connectivity index (χ2v) is 16.1. The zero-order chi connectivity index (χ0) is 45.1. The number of anilines is 4. The van der Waals surface area contributed by atoms with Crippen molar-refractivity contribution >= 4 is 62.7 Å². The molecular formula is C41H43F3N8O10S. The van der Waals surface area contributed by atoms with E-state index >= 15 is 0 Å². The number of nitrogens with zero attached hydrogens (tertiary/aromatic N) is 3. The topological polar surface area (TPSA) is 236 Å². The van der Waals surface area contributed by atoms with Gasteiger partial charge in [0.2, 0.25) is 33.7 Å². The van der Waals surface area contributed by atoms with Gasteiger partial charge in [0.05, 0.1) is 36.6 Å². The molecule has 1 unspecified atom stereocenters. The molecule has 1 aromatic heterocycles. The molecule has 1 atom stereocenters. The summed E-state index contributed by atoms with van der Waals surface area (Å²) in [6, 6.07) is 16.2. The zero-order valence-corrected chi connectivity index (χ0v) is 34.6. The molecular weight excluding hydrogens is 854 g/mol. The van der Waals surface area contributed by atoms with Crippen LogP contribution in [0, 0.1) is 0 Å². The summed E-state index contributed by atoms with van der Waals surface area (Å²) in [5.41, 5.74) is 0.284. The maximum Gasteiger partial charge on any atom is 0.421 e. The van der Waals surface area contributed by atoms with Crippen LogP contribution < -0.4 is 35.5 Å². The van der Waals surface area contributed by atoms with Crippen molar-refractivity contribution in [1.82, 2.24) is 25.5 Å². The third kappa shape index (κ3) is 12.2. The first kappa shape index (κ1) is 45.7. The van der Waals surface area contributed by atoms with Crippen molar-refractivity contribution in [1.29, 1.82) is 0 Å². The highest BCUT2D eigenvalue weighted by molar-refractivity contribution is 7.92. The van der Waals surface area contributed by atoms with Crippen molar-refractivity contribution in [3.8, 4) is 11.5 Å². The Balaban J connectivity index is 0.872. The Morgan fingerprint density at radius 3 is 2.46 bits per heavy atom. The van der Waals surface area contributed by atoms with Crippen LogP contribution in [-0.2, 0) is 41.9 Å². The second kappa shape index (κ2) is 20.4. The molecule has 5 amide bonds. The molecule has 6 rings (SSSR count). The van der Waals surface area contributed by atoms with E-state index in [2.05, 4.69) is 36.0 Å². The van der Waals surface area contributed by atoms with Gasteiger partial charge in [0.25, 0.3) is 11.8 Å². The van der Waals surface area contributed by atoms with Crippen LogP contribution in [0.25, 0.3) is 0 Å². The lowest BCUT2D eigenvalue weighted by Crippen LogP contribution is -2.54. The molecule has 5 N–H and O–H groups in total. The molecule has 2 aliphatic rings. The summed E-state index contributed by atoms with van der Waals surface area (Å²) in [5.74, 6) is -2.90. The number of halogens is 3. The molecule has 3 aromatic carbocycles. The van der Waals surface area contributed by atoms with Crippen molar-refractivity contribution in [3.63, 3.8) is 0 Å². The molecule has 18 nitrogen and oxygen atoms in total. The molecule has 3 heterocycles. The first-order valence-electron chi connectivity index (χ1n) is 19.7. The molecule has 0 spiro atoms. The highest BCUT2D eigenvalue weighted by Gasteiger charge is 2.46. The fourth-order valence-electron chi connectivity index (χ4n) is 6.39. The smallest absolute Gasteiger partial charge is 0.421 e. The van der Waals surface area contributed by atoms with E-state index < -0.39 is 57.3 Å². The van der Waals surface area contributed by atoms with E-state index in [4.69, 9.17) is 14.2 Å². The number of piperidine rings is 1. The second-order valence-electron chi connectivity index (χ2n) is 14.1. The normalized spacial score (nSPS) is 15.1. The third-order valence-electron chi connectivity index (χ3n) is 9.53. The summed E-state index contributed by atoms with van der Waals surface area (Å²) < 4.78 is 84.7. The SMILES string of the molecule is CCS(=O)(=O)Nc1cccc(CNc2nc(Nc3ccc(OCCCOCCC(=O)NCCOc4cccc5c4C(=O)N(C4CCC(=O)NC4=O)C5=O)cc3)ncc2C(F)(F)F)c1. The van der Waals surface area contributed by atoms with Crippen molar-refractivity contribution in [2.45, 2.75) is 51.4 Å². The van der Waals surface area contributed by atoms with Gasteiger partial charge in [-0.1, -0.05) is 18.2 Å². The van der Waals surface area contributed by atoms with Crippen LogP contribution >= 0.6 is 0 Å². The Labute approximate surface area is 359 Å². The molecule has 0 radical (unpaired) electrons. The van der Waals surface area contributed by atoms with Gasteiger partial charge in [-0.05, 0) is 67.4 Å². The lowest BCUT2D eigenvalue weighted by molar-refractivity contribution is -0.138. The van der Waals surface area contributed by atoms with Crippen LogP contribution in [0.2, 0.25) is 0 Å². The largest absolute Gasteiger partial charge is 0.494 e. The van der Waals surface area contributed by atoms with E-state index in [-0.39, 0.29) is 85.7 Å². The van der Waals surface area contributed by atoms with Gasteiger partial charge in [0, 0.05) is 50.0 Å². The Bertz CT molecular complexity index is 2460. The quantitative estimate of drug-likeness (QED) is 0.0577. The maximum atomic E-state index is 13.8. The van der Waals surface area contributed by atoms with E-state index in [9.17, 15) is 45.6 Å². The van der Waals surface area contributed by atoms with Gasteiger partial charge >= 0.3 is 6.18 Å². The predicted molar refractivity (Wildman–Crippen MR) is 221 cm³/mol. The minimum Gasteiger partial charge on any atom is -0.494 e. The molecule has 22 heteroatoms. The van der Waals surface area contributed by atoms with Gasteiger partial charge < -0.3 is 30.2 Å². The molecule has 1 fully saturated rings. The highest BCUT2D eigenvalue weighted by atomic mass is 32.2. The van der Waals surface area contributed by atoms with Crippen molar-refractivity contribution < 1.29 is 59.8 Å². The summed E-state index contributed by atoms with van der Waals surface area (Å²) >= 11 is 0. The number of ether oxygens (including phenoxy) is 3. The number of nitrogens with one attached hydrogen (secondary N) is 5. The molecule has 0 bridgehead atoms. The number of rotatable bonds is 21. The summed E-state index contributed by atoms with van der Waals surface area (Å²) in [6.07, 6.45) is -3.47. The average molecular weight is 897 g/mol. The van der Waals surface area contributed by atoms with Gasteiger partial charge in [0.1, 0.15) is 35.5 Å². The summed E-state index contributed by atoms with van der Waals surface area (Å²) in [7, 11) is -3.54. The van der Waals surface area contributed by atoms with Crippen LogP contribution in [0.3, 0.4) is 0 Å². The number of benzene rings is 3. The van der Waals surface area contributed by atoms with E-state index in [1.807, 2.05) is 0 Å². The fourth-order valence-corrected chi connectivity index (χ4v) is 7.02. The number of hydrogen-bond acceptors (Lipinski definition) is 14. The van der Waals surface area contributed by atoms with E-state index in [1.54, 1.807) is 42.5 Å². The van der Waals surface area contributed by atoms with Crippen LogP contribution in [0.5, 0.6) is 11.5 Å². The highest BCUT2D eigenvalue weighted by Crippen LogP contribution is 2.35. The number of fused-ring (bicyclic) bond motifs is 1. The zero-order valence-electron chi connectivity index (χ0n) is 33.7. The number of alkyl halides is 3. The Morgan fingerprint density at radius 2 is 1.71 bits per heavy atom. The van der Waals surface area contributed by atoms with Gasteiger partial charge in [0.15, 0.2) is 0 Å². The number of aromatic nitrogens is 2. The summed E-state index contributed by atoms with van der Waals surface area (Å²) in [6.45, 7) is 2.24. The first-order valence-corrected chi connectivity index (χ1v) is 21.4. The monoisotopic (exact) mass is 896 g/mol.